The molecule has 0 spiro atoms. The van der Waals surface area contributed by atoms with Gasteiger partial charge < -0.3 is 20.1 Å². The molecule has 8 heteroatoms. The summed E-state index contributed by atoms with van der Waals surface area (Å²) in [5, 5.41) is 5.63. The molecule has 1 aromatic carbocycles. The summed E-state index contributed by atoms with van der Waals surface area (Å²) >= 11 is 1.30. The minimum Gasteiger partial charge on any atom is -0.497 e. The molecule has 2 saturated heterocycles. The molecule has 0 bridgehead atoms. The van der Waals surface area contributed by atoms with E-state index in [0.717, 1.165) is 25.2 Å². The molecule has 2 atom stereocenters. The van der Waals surface area contributed by atoms with Crippen LogP contribution in [0.15, 0.2) is 29.3 Å². The van der Waals surface area contributed by atoms with Crippen LogP contribution in [0, 0.1) is 0 Å². The molecule has 134 valence electrons. The van der Waals surface area contributed by atoms with Gasteiger partial charge in [-0.2, -0.15) is 0 Å². The zero-order valence-electron chi connectivity index (χ0n) is 14.0. The second-order valence-electron chi connectivity index (χ2n) is 5.86. The second kappa shape index (κ2) is 8.35. The maximum atomic E-state index is 12.1. The molecular formula is C17H21N3O4S. The summed E-state index contributed by atoms with van der Waals surface area (Å²) in [6, 6.07) is 7.05. The highest BCUT2D eigenvalue weighted by molar-refractivity contribution is 8.15. The van der Waals surface area contributed by atoms with Gasteiger partial charge in [-0.05, 0) is 37.1 Å². The summed E-state index contributed by atoms with van der Waals surface area (Å²) < 4.78 is 10.6. The number of thioether (sulfide) groups is 1. The number of benzene rings is 1. The van der Waals surface area contributed by atoms with Crippen LogP contribution in [0.25, 0.3) is 0 Å². The number of hydrogen-bond acceptors (Lipinski definition) is 6. The Hall–Kier alpha value is -2.06. The molecule has 2 heterocycles. The zero-order valence-corrected chi connectivity index (χ0v) is 14.8. The van der Waals surface area contributed by atoms with Crippen molar-refractivity contribution in [2.75, 3.05) is 25.6 Å². The first kappa shape index (κ1) is 17.8. The standard InChI is InChI=1S/C17H21N3O4S/c1-23-12-6-4-11(5-7-12)19-15(21)9-14-16(22)20-17(25-14)18-10-13-3-2-8-24-13/h4-7,13-14H,2-3,8-10H2,1H3,(H,19,21)(H,18,20,22)/t13-,14+/m0/s1. The third-order valence-electron chi connectivity index (χ3n) is 3.98. The number of aliphatic imine (C=N–C) groups is 1. The van der Waals surface area contributed by atoms with Crippen molar-refractivity contribution in [1.29, 1.82) is 0 Å². The largest absolute Gasteiger partial charge is 0.497 e. The van der Waals surface area contributed by atoms with Crippen molar-refractivity contribution in [3.8, 4) is 5.75 Å². The maximum Gasteiger partial charge on any atom is 0.240 e. The summed E-state index contributed by atoms with van der Waals surface area (Å²) in [4.78, 5) is 28.6. The molecule has 3 rings (SSSR count). The van der Waals surface area contributed by atoms with E-state index in [0.29, 0.717) is 17.4 Å². The van der Waals surface area contributed by atoms with E-state index in [-0.39, 0.29) is 24.3 Å². The van der Waals surface area contributed by atoms with Gasteiger partial charge in [-0.1, -0.05) is 11.8 Å². The Balaban J connectivity index is 1.48. The van der Waals surface area contributed by atoms with Gasteiger partial charge in [0.2, 0.25) is 11.8 Å². The van der Waals surface area contributed by atoms with Gasteiger partial charge in [0.05, 0.1) is 19.8 Å². The number of amides is 2. The van der Waals surface area contributed by atoms with Crippen molar-refractivity contribution in [3.63, 3.8) is 0 Å². The Kier molecular flexibility index (Phi) is 5.93. The highest BCUT2D eigenvalue weighted by Gasteiger charge is 2.32. The average molecular weight is 363 g/mol. The fraction of sp³-hybridized carbons (Fsp3) is 0.471. The lowest BCUT2D eigenvalue weighted by atomic mass is 10.2. The molecule has 2 aliphatic heterocycles. The van der Waals surface area contributed by atoms with Gasteiger partial charge in [0, 0.05) is 18.7 Å². The molecule has 0 aliphatic carbocycles. The first-order valence-electron chi connectivity index (χ1n) is 8.21. The van der Waals surface area contributed by atoms with Crippen LogP contribution in [-0.2, 0) is 14.3 Å². The van der Waals surface area contributed by atoms with Crippen LogP contribution in [-0.4, -0.2) is 48.6 Å². The Morgan fingerprint density at radius 3 is 2.92 bits per heavy atom. The van der Waals surface area contributed by atoms with Crippen molar-refractivity contribution in [3.05, 3.63) is 24.3 Å². The Bertz CT molecular complexity index is 656. The molecule has 2 N–H and O–H groups in total. The van der Waals surface area contributed by atoms with Gasteiger partial charge in [-0.15, -0.1) is 0 Å². The van der Waals surface area contributed by atoms with Crippen LogP contribution in [0.4, 0.5) is 5.69 Å². The molecule has 0 radical (unpaired) electrons. The quantitative estimate of drug-likeness (QED) is 0.804. The van der Waals surface area contributed by atoms with E-state index in [9.17, 15) is 9.59 Å². The Morgan fingerprint density at radius 1 is 1.44 bits per heavy atom. The molecule has 2 fully saturated rings. The van der Waals surface area contributed by atoms with Crippen molar-refractivity contribution in [1.82, 2.24) is 5.32 Å². The fourth-order valence-corrected chi connectivity index (χ4v) is 3.62. The molecule has 25 heavy (non-hydrogen) atoms. The number of nitrogens with one attached hydrogen (secondary N) is 2. The maximum absolute atomic E-state index is 12.1. The molecule has 7 nitrogen and oxygen atoms in total. The Labute approximate surface area is 150 Å². The lowest BCUT2D eigenvalue weighted by Gasteiger charge is -2.08. The summed E-state index contributed by atoms with van der Waals surface area (Å²) in [6.07, 6.45) is 2.30. The van der Waals surface area contributed by atoms with Gasteiger partial charge in [0.25, 0.3) is 0 Å². The van der Waals surface area contributed by atoms with Gasteiger partial charge in [-0.3, -0.25) is 14.6 Å². The third kappa shape index (κ3) is 4.96. The molecule has 1 aromatic rings. The molecule has 2 aliphatic rings. The van der Waals surface area contributed by atoms with Crippen LogP contribution in [0.2, 0.25) is 0 Å². The van der Waals surface area contributed by atoms with Gasteiger partial charge in [-0.25, -0.2) is 0 Å². The van der Waals surface area contributed by atoms with Gasteiger partial charge in [0.1, 0.15) is 11.0 Å². The number of methoxy groups -OCH3 is 1. The van der Waals surface area contributed by atoms with E-state index < -0.39 is 5.25 Å². The van der Waals surface area contributed by atoms with Crippen LogP contribution in [0.3, 0.4) is 0 Å². The minimum atomic E-state index is -0.457. The molecule has 2 amide bonds. The fourth-order valence-electron chi connectivity index (χ4n) is 2.64. The van der Waals surface area contributed by atoms with Crippen LogP contribution < -0.4 is 15.4 Å². The molecule has 0 aromatic heterocycles. The summed E-state index contributed by atoms with van der Waals surface area (Å²) in [7, 11) is 1.58. The van der Waals surface area contributed by atoms with E-state index in [1.54, 1.807) is 31.4 Å². The first-order chi connectivity index (χ1) is 12.1. The van der Waals surface area contributed by atoms with Crippen molar-refractivity contribution >= 4 is 34.4 Å². The number of hydrogen-bond donors (Lipinski definition) is 2. The zero-order chi connectivity index (χ0) is 17.6. The Morgan fingerprint density at radius 2 is 2.24 bits per heavy atom. The average Bonchev–Trinajstić information content (AvgIpc) is 3.24. The number of anilines is 1. The number of amidine groups is 1. The minimum absolute atomic E-state index is 0.0987. The second-order valence-corrected chi connectivity index (χ2v) is 7.05. The van der Waals surface area contributed by atoms with Crippen molar-refractivity contribution in [2.45, 2.75) is 30.6 Å². The molecule has 0 saturated carbocycles. The highest BCUT2D eigenvalue weighted by atomic mass is 32.2. The van der Waals surface area contributed by atoms with E-state index in [1.165, 1.54) is 11.8 Å². The number of carbonyl (C=O) groups excluding carboxylic acids is 2. The van der Waals surface area contributed by atoms with E-state index in [2.05, 4.69) is 15.6 Å². The third-order valence-corrected chi connectivity index (χ3v) is 5.10. The predicted molar refractivity (Wildman–Crippen MR) is 97.0 cm³/mol. The van der Waals surface area contributed by atoms with Gasteiger partial charge in [0.15, 0.2) is 5.17 Å². The van der Waals surface area contributed by atoms with Crippen LogP contribution in [0.1, 0.15) is 19.3 Å². The summed E-state index contributed by atoms with van der Waals surface area (Å²) in [5.41, 5.74) is 0.668. The number of nitrogens with zero attached hydrogens (tertiary/aromatic N) is 1. The molecular weight excluding hydrogens is 342 g/mol. The van der Waals surface area contributed by atoms with Gasteiger partial charge >= 0.3 is 0 Å². The van der Waals surface area contributed by atoms with Crippen molar-refractivity contribution < 1.29 is 19.1 Å². The van der Waals surface area contributed by atoms with E-state index in [4.69, 9.17) is 9.47 Å². The lowest BCUT2D eigenvalue weighted by Crippen LogP contribution is -2.28. The monoisotopic (exact) mass is 363 g/mol. The summed E-state index contributed by atoms with van der Waals surface area (Å²) in [6.45, 7) is 1.33. The first-order valence-corrected chi connectivity index (χ1v) is 9.09. The number of ether oxygens (including phenoxy) is 2. The van der Waals surface area contributed by atoms with Crippen molar-refractivity contribution in [2.24, 2.45) is 4.99 Å². The van der Waals surface area contributed by atoms with Crippen LogP contribution in [0.5, 0.6) is 5.75 Å². The number of rotatable bonds is 6. The lowest BCUT2D eigenvalue weighted by molar-refractivity contribution is -0.122. The molecule has 0 unspecified atom stereocenters. The van der Waals surface area contributed by atoms with E-state index >= 15 is 0 Å². The summed E-state index contributed by atoms with van der Waals surface area (Å²) in [5.74, 6) is 0.329. The van der Waals surface area contributed by atoms with E-state index in [1.807, 2.05) is 0 Å². The highest BCUT2D eigenvalue weighted by Crippen LogP contribution is 2.24. The van der Waals surface area contributed by atoms with Crippen LogP contribution >= 0.6 is 11.8 Å². The SMILES string of the molecule is COc1ccc(NC(=O)C[C@H]2SC(=NC[C@@H]3CCCO3)NC2=O)cc1. The number of carbonyl (C=O) groups is 2. The normalized spacial score (nSPS) is 24.4. The predicted octanol–water partition coefficient (Wildman–Crippen LogP) is 1.79. The topological polar surface area (TPSA) is 89.0 Å². The smallest absolute Gasteiger partial charge is 0.240 e.